The molecule has 1 fully saturated rings. The summed E-state index contributed by atoms with van der Waals surface area (Å²) in [7, 11) is 0. The number of fused-ring (bicyclic) bond motifs is 3. The molecule has 1 unspecified atom stereocenters. The maximum absolute atomic E-state index is 14.1. The lowest BCUT2D eigenvalue weighted by molar-refractivity contribution is 0.227. The molecule has 2 heterocycles. The van der Waals surface area contributed by atoms with Crippen molar-refractivity contribution in [2.45, 2.75) is 38.3 Å². The van der Waals surface area contributed by atoms with E-state index in [9.17, 15) is 4.39 Å². The average Bonchev–Trinajstić information content (AvgIpc) is 2.75. The number of aromatic nitrogens is 1. The maximum Gasteiger partial charge on any atom is 0.166 e. The first-order chi connectivity index (χ1) is 15.5. The normalized spacial score (nSPS) is 21.6. The lowest BCUT2D eigenvalue weighted by Gasteiger charge is -2.25. The van der Waals surface area contributed by atoms with E-state index in [1.165, 1.54) is 18.3 Å². The van der Waals surface area contributed by atoms with Crippen molar-refractivity contribution < 1.29 is 9.13 Å². The highest BCUT2D eigenvalue weighted by Crippen LogP contribution is 2.31. The molecule has 1 aliphatic carbocycles. The van der Waals surface area contributed by atoms with Crippen molar-refractivity contribution in [3.8, 4) is 5.75 Å². The van der Waals surface area contributed by atoms with E-state index in [0.29, 0.717) is 22.7 Å². The summed E-state index contributed by atoms with van der Waals surface area (Å²) < 4.78 is 20.3. The second-order valence-electron chi connectivity index (χ2n) is 7.90. The zero-order valence-electron chi connectivity index (χ0n) is 18.0. The SMILES string of the molecule is CC1Oc2cc(cnc2N)C(=NC2CCC2)C(=CN)CN=C(NCN)c2ccc(F)cc21. The van der Waals surface area contributed by atoms with Gasteiger partial charge in [-0.2, -0.15) is 0 Å². The zero-order chi connectivity index (χ0) is 22.7. The highest BCUT2D eigenvalue weighted by atomic mass is 19.1. The van der Waals surface area contributed by atoms with E-state index in [1.807, 2.05) is 13.0 Å². The smallest absolute Gasteiger partial charge is 0.166 e. The molecule has 1 aromatic heterocycles. The number of amidine groups is 1. The van der Waals surface area contributed by atoms with Gasteiger partial charge in [0.15, 0.2) is 11.6 Å². The number of nitrogen functional groups attached to an aromatic ring is 1. The summed E-state index contributed by atoms with van der Waals surface area (Å²) in [4.78, 5) is 14.0. The van der Waals surface area contributed by atoms with Crippen molar-refractivity contribution in [2.75, 3.05) is 18.9 Å². The number of ether oxygens (including phenoxy) is 1. The number of nitrogens with zero attached hydrogens (tertiary/aromatic N) is 3. The van der Waals surface area contributed by atoms with E-state index in [4.69, 9.17) is 31.9 Å². The monoisotopic (exact) mass is 437 g/mol. The van der Waals surface area contributed by atoms with Crippen LogP contribution in [0.5, 0.6) is 5.75 Å². The molecule has 2 bridgehead atoms. The molecule has 4 rings (SSSR count). The molecule has 1 aliphatic heterocycles. The Kier molecular flexibility index (Phi) is 6.36. The predicted molar refractivity (Wildman–Crippen MR) is 124 cm³/mol. The summed E-state index contributed by atoms with van der Waals surface area (Å²) in [6.45, 7) is 2.24. The van der Waals surface area contributed by atoms with Gasteiger partial charge in [-0.15, -0.1) is 0 Å². The van der Waals surface area contributed by atoms with Crippen LogP contribution in [-0.4, -0.2) is 35.8 Å². The van der Waals surface area contributed by atoms with Gasteiger partial charge in [-0.05, 0) is 50.5 Å². The van der Waals surface area contributed by atoms with E-state index in [1.54, 1.807) is 12.3 Å². The molecule has 7 N–H and O–H groups in total. The first-order valence-corrected chi connectivity index (χ1v) is 10.7. The number of nitrogens with two attached hydrogens (primary N) is 3. The van der Waals surface area contributed by atoms with Crippen LogP contribution in [0.4, 0.5) is 10.2 Å². The minimum atomic E-state index is -0.527. The van der Waals surface area contributed by atoms with Crippen LogP contribution in [0.25, 0.3) is 0 Å². The van der Waals surface area contributed by atoms with Gasteiger partial charge in [0.1, 0.15) is 17.8 Å². The number of hydrogen-bond acceptors (Lipinski definition) is 8. The molecule has 8 nitrogen and oxygen atoms in total. The number of anilines is 1. The highest BCUT2D eigenvalue weighted by Gasteiger charge is 2.23. The van der Waals surface area contributed by atoms with Crippen molar-refractivity contribution in [1.29, 1.82) is 0 Å². The molecule has 2 aliphatic rings. The van der Waals surface area contributed by atoms with E-state index >= 15 is 0 Å². The fourth-order valence-electron chi connectivity index (χ4n) is 3.76. The van der Waals surface area contributed by atoms with Gasteiger partial charge < -0.3 is 27.3 Å². The van der Waals surface area contributed by atoms with Crippen molar-refractivity contribution in [3.63, 3.8) is 0 Å². The van der Waals surface area contributed by atoms with Crippen LogP contribution in [0.2, 0.25) is 0 Å². The van der Waals surface area contributed by atoms with E-state index in [2.05, 4.69) is 10.3 Å². The Labute approximate surface area is 186 Å². The average molecular weight is 438 g/mol. The standard InChI is InChI=1S/C23H28FN7O/c1-13-19-8-16(24)5-6-18(19)23(30-12-26)29-11-15(9-25)21(31-17-3-2-4-17)14-7-20(32-13)22(27)28-10-14/h5-10,13,17H,2-4,11-12,25-26H2,1H3,(H2,27,28)(H,29,30). The quantitative estimate of drug-likeness (QED) is 0.533. The molecule has 1 saturated carbocycles. The fraction of sp³-hybridized carbons (Fsp3) is 0.348. The lowest BCUT2D eigenvalue weighted by Crippen LogP contribution is -2.32. The first-order valence-electron chi connectivity index (χ1n) is 10.7. The molecule has 32 heavy (non-hydrogen) atoms. The Balaban J connectivity index is 1.90. The Morgan fingerprint density at radius 1 is 1.31 bits per heavy atom. The zero-order valence-corrected chi connectivity index (χ0v) is 18.0. The van der Waals surface area contributed by atoms with E-state index in [-0.39, 0.29) is 30.9 Å². The number of halogens is 1. The van der Waals surface area contributed by atoms with Gasteiger partial charge in [0.2, 0.25) is 0 Å². The molecule has 0 radical (unpaired) electrons. The predicted octanol–water partition coefficient (Wildman–Crippen LogP) is 2.39. The van der Waals surface area contributed by atoms with Crippen LogP contribution < -0.4 is 27.3 Å². The molecule has 0 amide bonds. The molecule has 9 heteroatoms. The number of pyridine rings is 1. The summed E-state index contributed by atoms with van der Waals surface area (Å²) in [6.07, 6.45) is 5.87. The maximum atomic E-state index is 14.1. The molecule has 2 aromatic rings. The molecule has 0 saturated heterocycles. The van der Waals surface area contributed by atoms with Crippen molar-refractivity contribution >= 4 is 17.4 Å². The Bertz CT molecular complexity index is 1090. The Morgan fingerprint density at radius 2 is 2.12 bits per heavy atom. The summed E-state index contributed by atoms with van der Waals surface area (Å²) in [5, 5.41) is 3.08. The molecule has 1 atom stereocenters. The third-order valence-corrected chi connectivity index (χ3v) is 5.73. The number of benzene rings is 1. The Morgan fingerprint density at radius 3 is 2.81 bits per heavy atom. The summed E-state index contributed by atoms with van der Waals surface area (Å²) in [6, 6.07) is 6.51. The van der Waals surface area contributed by atoms with Crippen molar-refractivity contribution in [2.24, 2.45) is 21.5 Å². The molecule has 0 spiro atoms. The molecule has 1 aromatic carbocycles. The Hall–Kier alpha value is -3.46. The van der Waals surface area contributed by atoms with Gasteiger partial charge >= 0.3 is 0 Å². The second-order valence-corrected chi connectivity index (χ2v) is 7.90. The van der Waals surface area contributed by atoms with Crippen LogP contribution in [0.15, 0.2) is 52.2 Å². The van der Waals surface area contributed by atoms with E-state index < -0.39 is 6.10 Å². The second kappa shape index (κ2) is 9.35. The van der Waals surface area contributed by atoms with E-state index in [0.717, 1.165) is 36.1 Å². The number of nitrogens with one attached hydrogen (secondary N) is 1. The minimum absolute atomic E-state index is 0.158. The van der Waals surface area contributed by atoms with Crippen LogP contribution in [0, 0.1) is 5.82 Å². The van der Waals surface area contributed by atoms with Gasteiger partial charge in [-0.1, -0.05) is 0 Å². The number of rotatable bonds is 2. The largest absolute Gasteiger partial charge is 0.482 e. The highest BCUT2D eigenvalue weighted by molar-refractivity contribution is 6.13. The topological polar surface area (TPSA) is 137 Å². The summed E-state index contributed by atoms with van der Waals surface area (Å²) in [5.74, 6) is 0.783. The van der Waals surface area contributed by atoms with Gasteiger partial charge in [0.05, 0.1) is 25.0 Å². The minimum Gasteiger partial charge on any atom is -0.482 e. The van der Waals surface area contributed by atoms with Crippen LogP contribution >= 0.6 is 0 Å². The molecular weight excluding hydrogens is 409 g/mol. The summed E-state index contributed by atoms with van der Waals surface area (Å²) in [5.41, 5.74) is 21.4. The van der Waals surface area contributed by atoms with Crippen LogP contribution in [0.1, 0.15) is 49.0 Å². The van der Waals surface area contributed by atoms with Gasteiger partial charge in [-0.25, -0.2) is 9.37 Å². The van der Waals surface area contributed by atoms with Gasteiger partial charge in [0, 0.05) is 34.7 Å². The van der Waals surface area contributed by atoms with Crippen LogP contribution in [0.3, 0.4) is 0 Å². The van der Waals surface area contributed by atoms with Crippen molar-refractivity contribution in [1.82, 2.24) is 10.3 Å². The summed E-state index contributed by atoms with van der Waals surface area (Å²) >= 11 is 0. The molecule has 168 valence electrons. The molecular formula is C23H28FN7O. The third-order valence-electron chi connectivity index (χ3n) is 5.73. The van der Waals surface area contributed by atoms with Gasteiger partial charge in [0.25, 0.3) is 0 Å². The lowest BCUT2D eigenvalue weighted by atomic mass is 9.92. The third kappa shape index (κ3) is 4.43. The van der Waals surface area contributed by atoms with Crippen LogP contribution in [-0.2, 0) is 0 Å². The van der Waals surface area contributed by atoms with Crippen molar-refractivity contribution in [3.05, 3.63) is 64.7 Å². The first kappa shape index (κ1) is 21.8. The van der Waals surface area contributed by atoms with Gasteiger partial charge in [-0.3, -0.25) is 9.98 Å². The fourth-order valence-corrected chi connectivity index (χ4v) is 3.76. The number of aliphatic imine (C=N–C) groups is 2. The number of hydrogen-bond donors (Lipinski definition) is 4.